The topological polar surface area (TPSA) is 59.0 Å². The van der Waals surface area contributed by atoms with E-state index in [1.165, 1.54) is 26.4 Å². The molecule has 0 radical (unpaired) electrons. The predicted molar refractivity (Wildman–Crippen MR) is 95.1 cm³/mol. The van der Waals surface area contributed by atoms with Crippen LogP contribution in [0.25, 0.3) is 0 Å². The van der Waals surface area contributed by atoms with Crippen molar-refractivity contribution in [2.45, 2.75) is 24.9 Å². The Kier molecular flexibility index (Phi) is 5.60. The summed E-state index contributed by atoms with van der Waals surface area (Å²) in [6, 6.07) is 6.89. The molecule has 2 atom stereocenters. The first kappa shape index (κ1) is 19.1. The van der Waals surface area contributed by atoms with E-state index in [0.717, 1.165) is 6.07 Å². The summed E-state index contributed by atoms with van der Waals surface area (Å²) in [5.74, 6) is -1.53. The van der Waals surface area contributed by atoms with E-state index in [-0.39, 0.29) is 5.56 Å². The Morgan fingerprint density at radius 2 is 1.85 bits per heavy atom. The van der Waals surface area contributed by atoms with Gasteiger partial charge < -0.3 is 14.6 Å². The number of methoxy groups -OCH3 is 2. The van der Waals surface area contributed by atoms with Gasteiger partial charge in [-0.05, 0) is 31.0 Å². The molecule has 7 heteroatoms. The van der Waals surface area contributed by atoms with Gasteiger partial charge in [0.05, 0.1) is 25.8 Å². The molecule has 2 aromatic rings. The molecule has 1 aliphatic heterocycles. The fraction of sp³-hybridized carbons (Fsp3) is 0.350. The minimum Gasteiger partial charge on any atom is -0.496 e. The van der Waals surface area contributed by atoms with Gasteiger partial charge in [-0.25, -0.2) is 8.78 Å². The largest absolute Gasteiger partial charge is 0.496 e. The van der Waals surface area contributed by atoms with Crippen LogP contribution >= 0.6 is 0 Å². The maximum Gasteiger partial charge on any atom is 0.320 e. The van der Waals surface area contributed by atoms with Gasteiger partial charge >= 0.3 is 5.97 Å². The number of aliphatic carboxylic acids is 1. The van der Waals surface area contributed by atoms with E-state index in [0.29, 0.717) is 36.4 Å². The second-order valence-electron chi connectivity index (χ2n) is 6.38. The van der Waals surface area contributed by atoms with Crippen molar-refractivity contribution in [2.75, 3.05) is 20.8 Å². The third-order valence-electron chi connectivity index (χ3n) is 4.91. The maximum atomic E-state index is 14.7. The molecule has 27 heavy (non-hydrogen) atoms. The van der Waals surface area contributed by atoms with Crippen molar-refractivity contribution in [1.82, 2.24) is 4.90 Å². The lowest BCUT2D eigenvalue weighted by Gasteiger charge is -2.33. The molecule has 1 heterocycles. The lowest BCUT2D eigenvalue weighted by molar-refractivity contribution is -0.142. The molecule has 2 unspecified atom stereocenters. The third kappa shape index (κ3) is 3.60. The molecule has 0 aliphatic carbocycles. The summed E-state index contributed by atoms with van der Waals surface area (Å²) in [7, 11) is 2.96. The number of carbonyl (C=O) groups is 1. The van der Waals surface area contributed by atoms with Gasteiger partial charge in [0.15, 0.2) is 0 Å². The highest BCUT2D eigenvalue weighted by molar-refractivity contribution is 5.74. The molecule has 0 saturated carbocycles. The zero-order valence-electron chi connectivity index (χ0n) is 15.1. The van der Waals surface area contributed by atoms with Crippen molar-refractivity contribution in [2.24, 2.45) is 0 Å². The van der Waals surface area contributed by atoms with Crippen LogP contribution in [0.5, 0.6) is 11.5 Å². The number of halogens is 2. The first-order chi connectivity index (χ1) is 13.0. The molecule has 0 bridgehead atoms. The normalized spacial score (nSPS) is 18.3. The van der Waals surface area contributed by atoms with Crippen LogP contribution in [-0.4, -0.2) is 42.8 Å². The molecule has 1 saturated heterocycles. The zero-order chi connectivity index (χ0) is 19.6. The molecule has 144 valence electrons. The van der Waals surface area contributed by atoms with Crippen LogP contribution in [0.2, 0.25) is 0 Å². The quantitative estimate of drug-likeness (QED) is 0.833. The van der Waals surface area contributed by atoms with Crippen LogP contribution in [-0.2, 0) is 4.79 Å². The number of hydrogen-bond donors (Lipinski definition) is 1. The fourth-order valence-electron chi connectivity index (χ4n) is 3.74. The van der Waals surface area contributed by atoms with E-state index in [1.807, 2.05) is 0 Å². The minimum atomic E-state index is -0.978. The van der Waals surface area contributed by atoms with Crippen molar-refractivity contribution < 1.29 is 28.2 Å². The van der Waals surface area contributed by atoms with Crippen molar-refractivity contribution >= 4 is 5.97 Å². The van der Waals surface area contributed by atoms with E-state index >= 15 is 0 Å². The summed E-state index contributed by atoms with van der Waals surface area (Å²) < 4.78 is 39.1. The molecule has 2 aromatic carbocycles. The number of ether oxygens (including phenoxy) is 2. The maximum absolute atomic E-state index is 14.7. The van der Waals surface area contributed by atoms with E-state index < -0.39 is 29.7 Å². The number of likely N-dealkylation sites (tertiary alicyclic amines) is 1. The summed E-state index contributed by atoms with van der Waals surface area (Å²) in [5, 5.41) is 9.63. The molecule has 0 amide bonds. The molecular weight excluding hydrogens is 356 g/mol. The molecular formula is C20H21F2NO4. The molecule has 0 aromatic heterocycles. The Morgan fingerprint density at radius 3 is 2.41 bits per heavy atom. The molecule has 1 fully saturated rings. The van der Waals surface area contributed by atoms with Gasteiger partial charge in [-0.3, -0.25) is 9.69 Å². The highest BCUT2D eigenvalue weighted by atomic mass is 19.1. The first-order valence-electron chi connectivity index (χ1n) is 8.62. The second-order valence-corrected chi connectivity index (χ2v) is 6.38. The van der Waals surface area contributed by atoms with Crippen LogP contribution < -0.4 is 9.47 Å². The number of carboxylic acid groups (broad SMARTS) is 1. The van der Waals surface area contributed by atoms with E-state index in [2.05, 4.69) is 0 Å². The third-order valence-corrected chi connectivity index (χ3v) is 4.91. The van der Waals surface area contributed by atoms with Crippen LogP contribution in [0.3, 0.4) is 0 Å². The SMILES string of the molecule is COc1cccc(OC)c1C(c1ccc(F)cc1F)N1CCCC1C(=O)O. The Hall–Kier alpha value is -2.67. The van der Waals surface area contributed by atoms with Gasteiger partial charge in [0.25, 0.3) is 0 Å². The highest BCUT2D eigenvalue weighted by Crippen LogP contribution is 2.44. The van der Waals surface area contributed by atoms with Crippen LogP contribution in [0.4, 0.5) is 8.78 Å². The van der Waals surface area contributed by atoms with Crippen molar-refractivity contribution in [1.29, 1.82) is 0 Å². The average Bonchev–Trinajstić information content (AvgIpc) is 3.13. The number of rotatable bonds is 6. The summed E-state index contributed by atoms with van der Waals surface area (Å²) in [4.78, 5) is 13.5. The molecule has 1 N–H and O–H groups in total. The zero-order valence-corrected chi connectivity index (χ0v) is 15.1. The Balaban J connectivity index is 2.24. The van der Waals surface area contributed by atoms with Gasteiger partial charge in [0.1, 0.15) is 29.2 Å². The van der Waals surface area contributed by atoms with Gasteiger partial charge in [-0.2, -0.15) is 0 Å². The average molecular weight is 377 g/mol. The van der Waals surface area contributed by atoms with Crippen molar-refractivity contribution in [3.8, 4) is 11.5 Å². The summed E-state index contributed by atoms with van der Waals surface area (Å²) in [6.07, 6.45) is 1.11. The van der Waals surface area contributed by atoms with Gasteiger partial charge in [0.2, 0.25) is 0 Å². The van der Waals surface area contributed by atoms with E-state index in [4.69, 9.17) is 9.47 Å². The number of nitrogens with zero attached hydrogens (tertiary/aromatic N) is 1. The highest BCUT2D eigenvalue weighted by Gasteiger charge is 2.40. The van der Waals surface area contributed by atoms with Crippen LogP contribution in [0.1, 0.15) is 30.0 Å². The summed E-state index contributed by atoms with van der Waals surface area (Å²) >= 11 is 0. The van der Waals surface area contributed by atoms with Crippen molar-refractivity contribution in [3.63, 3.8) is 0 Å². The lowest BCUT2D eigenvalue weighted by atomic mass is 9.94. The Bertz CT molecular complexity index is 820. The van der Waals surface area contributed by atoms with Gasteiger partial charge in [0, 0.05) is 18.2 Å². The monoisotopic (exact) mass is 377 g/mol. The first-order valence-corrected chi connectivity index (χ1v) is 8.62. The fourth-order valence-corrected chi connectivity index (χ4v) is 3.74. The Morgan fingerprint density at radius 1 is 1.19 bits per heavy atom. The standard InChI is InChI=1S/C20H21F2NO4/c1-26-16-6-3-7-17(27-2)18(16)19(13-9-8-12(21)11-14(13)22)23-10-4-5-15(23)20(24)25/h3,6-9,11,15,19H,4-5,10H2,1-2H3,(H,24,25). The van der Waals surface area contributed by atoms with E-state index in [9.17, 15) is 18.7 Å². The summed E-state index contributed by atoms with van der Waals surface area (Å²) in [5.41, 5.74) is 0.688. The number of hydrogen-bond acceptors (Lipinski definition) is 4. The second kappa shape index (κ2) is 7.92. The Labute approximate surface area is 156 Å². The predicted octanol–water partition coefficient (Wildman–Crippen LogP) is 3.62. The number of carboxylic acids is 1. The van der Waals surface area contributed by atoms with E-state index in [1.54, 1.807) is 23.1 Å². The molecule has 1 aliphatic rings. The minimum absolute atomic E-state index is 0.173. The van der Waals surface area contributed by atoms with Crippen LogP contribution in [0.15, 0.2) is 36.4 Å². The van der Waals surface area contributed by atoms with Gasteiger partial charge in [-0.1, -0.05) is 12.1 Å². The lowest BCUT2D eigenvalue weighted by Crippen LogP contribution is -2.39. The smallest absolute Gasteiger partial charge is 0.320 e. The molecule has 5 nitrogen and oxygen atoms in total. The molecule has 3 rings (SSSR count). The van der Waals surface area contributed by atoms with Crippen molar-refractivity contribution in [3.05, 3.63) is 59.2 Å². The van der Waals surface area contributed by atoms with Crippen LogP contribution in [0, 0.1) is 11.6 Å². The number of benzene rings is 2. The molecule has 0 spiro atoms. The van der Waals surface area contributed by atoms with Gasteiger partial charge in [-0.15, -0.1) is 0 Å². The summed E-state index contributed by atoms with van der Waals surface area (Å²) in [6.45, 7) is 0.458.